The van der Waals surface area contributed by atoms with Crippen molar-refractivity contribution < 1.29 is 14.3 Å². The number of aromatic nitrogens is 2. The third-order valence-corrected chi connectivity index (χ3v) is 6.66. The number of hydrogen-bond acceptors (Lipinski definition) is 4. The van der Waals surface area contributed by atoms with E-state index in [0.29, 0.717) is 25.4 Å². The van der Waals surface area contributed by atoms with Crippen LogP contribution in [0.2, 0.25) is 0 Å². The van der Waals surface area contributed by atoms with Gasteiger partial charge < -0.3 is 18.9 Å². The Kier molecular flexibility index (Phi) is 6.29. The molecule has 1 aliphatic rings. The summed E-state index contributed by atoms with van der Waals surface area (Å²) in [5, 5.41) is 1.16. The molecule has 0 bridgehead atoms. The SMILES string of the molecule is O=C(COc1cc[c]cc1)N1CCc2c(n(Cc3ccc(Oc4ccccc4)cc3)c3ncccc23)C1. The lowest BCUT2D eigenvalue weighted by atomic mass is 10.0. The van der Waals surface area contributed by atoms with Crippen molar-refractivity contribution in [1.82, 2.24) is 14.5 Å². The van der Waals surface area contributed by atoms with E-state index in [-0.39, 0.29) is 12.5 Å². The summed E-state index contributed by atoms with van der Waals surface area (Å²) in [7, 11) is 0. The van der Waals surface area contributed by atoms with Crippen molar-refractivity contribution in [2.24, 2.45) is 0 Å². The number of nitrogens with zero attached hydrogens (tertiary/aromatic N) is 3. The Hall–Kier alpha value is -4.58. The molecule has 183 valence electrons. The molecular weight excluding hydrogens is 462 g/mol. The van der Waals surface area contributed by atoms with Gasteiger partial charge in [-0.25, -0.2) is 4.98 Å². The number of para-hydroxylation sites is 1. The molecule has 0 saturated heterocycles. The van der Waals surface area contributed by atoms with Gasteiger partial charge >= 0.3 is 0 Å². The molecule has 1 amide bonds. The molecule has 37 heavy (non-hydrogen) atoms. The molecule has 0 aliphatic carbocycles. The number of carbonyl (C=O) groups excluding carboxylic acids is 1. The molecule has 6 heteroatoms. The molecule has 6 nitrogen and oxygen atoms in total. The van der Waals surface area contributed by atoms with Crippen LogP contribution in [0.25, 0.3) is 11.0 Å². The van der Waals surface area contributed by atoms with E-state index >= 15 is 0 Å². The molecular formula is C31H26N3O3. The summed E-state index contributed by atoms with van der Waals surface area (Å²) >= 11 is 0. The van der Waals surface area contributed by atoms with Crippen LogP contribution in [0.15, 0.2) is 97.2 Å². The molecule has 0 saturated carbocycles. The van der Waals surface area contributed by atoms with E-state index in [1.165, 1.54) is 5.56 Å². The van der Waals surface area contributed by atoms with Crippen LogP contribution in [0.5, 0.6) is 17.2 Å². The topological polar surface area (TPSA) is 56.6 Å². The highest BCUT2D eigenvalue weighted by atomic mass is 16.5. The van der Waals surface area contributed by atoms with E-state index in [0.717, 1.165) is 40.2 Å². The van der Waals surface area contributed by atoms with Crippen LogP contribution in [0.1, 0.15) is 16.8 Å². The first-order chi connectivity index (χ1) is 18.2. The predicted octanol–water partition coefficient (Wildman–Crippen LogP) is 5.64. The summed E-state index contributed by atoms with van der Waals surface area (Å²) in [5.74, 6) is 2.25. The van der Waals surface area contributed by atoms with Gasteiger partial charge in [0.15, 0.2) is 6.61 Å². The molecule has 3 aromatic carbocycles. The van der Waals surface area contributed by atoms with Crippen LogP contribution >= 0.6 is 0 Å². The minimum absolute atomic E-state index is 0.0146. The van der Waals surface area contributed by atoms with E-state index in [9.17, 15) is 4.79 Å². The highest BCUT2D eigenvalue weighted by molar-refractivity contribution is 5.84. The zero-order valence-electron chi connectivity index (χ0n) is 20.3. The van der Waals surface area contributed by atoms with Gasteiger partial charge in [0.05, 0.1) is 6.54 Å². The predicted molar refractivity (Wildman–Crippen MR) is 142 cm³/mol. The van der Waals surface area contributed by atoms with Crippen molar-refractivity contribution in [2.75, 3.05) is 13.2 Å². The summed E-state index contributed by atoms with van der Waals surface area (Å²) in [5.41, 5.74) is 4.49. The largest absolute Gasteiger partial charge is 0.484 e. The van der Waals surface area contributed by atoms with Gasteiger partial charge in [-0.3, -0.25) is 4.79 Å². The standard InChI is InChI=1S/C31H26N3O3/c35-30(22-36-24-8-3-1-4-9-24)33-19-17-27-28-12-7-18-32-31(28)34(29(27)21-33)20-23-13-15-26(16-14-23)37-25-10-5-2-6-11-25/h2-16,18H,17,19-22H2. The molecule has 5 aromatic rings. The van der Waals surface area contributed by atoms with Gasteiger partial charge in [0, 0.05) is 30.4 Å². The number of carbonyl (C=O) groups is 1. The molecule has 2 aromatic heterocycles. The number of fused-ring (bicyclic) bond motifs is 3. The average molecular weight is 489 g/mol. The quantitative estimate of drug-likeness (QED) is 0.298. The van der Waals surface area contributed by atoms with Crippen LogP contribution in [-0.2, 0) is 24.3 Å². The molecule has 1 aliphatic heterocycles. The van der Waals surface area contributed by atoms with Crippen LogP contribution in [-0.4, -0.2) is 33.5 Å². The van der Waals surface area contributed by atoms with E-state index in [4.69, 9.17) is 14.5 Å². The molecule has 0 unspecified atom stereocenters. The molecule has 6 rings (SSSR count). The van der Waals surface area contributed by atoms with Crippen molar-refractivity contribution in [3.63, 3.8) is 0 Å². The number of rotatable bonds is 7. The summed E-state index contributed by atoms with van der Waals surface area (Å²) < 4.78 is 13.9. The fourth-order valence-corrected chi connectivity index (χ4v) is 4.82. The number of ether oxygens (including phenoxy) is 2. The fraction of sp³-hybridized carbons (Fsp3) is 0.161. The summed E-state index contributed by atoms with van der Waals surface area (Å²) in [6, 6.07) is 32.1. The zero-order valence-corrected chi connectivity index (χ0v) is 20.3. The molecule has 0 spiro atoms. The molecule has 3 heterocycles. The maximum atomic E-state index is 13.0. The lowest BCUT2D eigenvalue weighted by molar-refractivity contribution is -0.134. The zero-order chi connectivity index (χ0) is 25.0. The first-order valence-corrected chi connectivity index (χ1v) is 12.4. The van der Waals surface area contributed by atoms with Gasteiger partial charge in [-0.15, -0.1) is 0 Å². The third-order valence-electron chi connectivity index (χ3n) is 6.66. The Morgan fingerprint density at radius 3 is 2.49 bits per heavy atom. The highest BCUT2D eigenvalue weighted by Crippen LogP contribution is 2.31. The van der Waals surface area contributed by atoms with E-state index in [1.807, 2.05) is 59.6 Å². The van der Waals surface area contributed by atoms with Gasteiger partial charge in [-0.2, -0.15) is 0 Å². The normalized spacial score (nSPS) is 12.8. The lowest BCUT2D eigenvalue weighted by Gasteiger charge is -2.28. The monoisotopic (exact) mass is 488 g/mol. The van der Waals surface area contributed by atoms with E-state index < -0.39 is 0 Å². The van der Waals surface area contributed by atoms with Crippen molar-refractivity contribution >= 4 is 16.9 Å². The van der Waals surface area contributed by atoms with Gasteiger partial charge in [-0.05, 0) is 72.1 Å². The maximum Gasteiger partial charge on any atom is 0.260 e. The van der Waals surface area contributed by atoms with Gasteiger partial charge in [0.25, 0.3) is 5.91 Å². The second-order valence-corrected chi connectivity index (χ2v) is 9.03. The van der Waals surface area contributed by atoms with Crippen molar-refractivity contribution in [3.8, 4) is 17.2 Å². The van der Waals surface area contributed by atoms with Gasteiger partial charge in [0.2, 0.25) is 0 Å². The smallest absolute Gasteiger partial charge is 0.260 e. The Morgan fingerprint density at radius 1 is 0.892 bits per heavy atom. The number of pyridine rings is 1. The average Bonchev–Trinajstić information content (AvgIpc) is 3.26. The molecule has 0 N–H and O–H groups in total. The van der Waals surface area contributed by atoms with Crippen LogP contribution in [0.4, 0.5) is 0 Å². The van der Waals surface area contributed by atoms with Crippen LogP contribution in [0.3, 0.4) is 0 Å². The van der Waals surface area contributed by atoms with Gasteiger partial charge in [0.1, 0.15) is 22.9 Å². The first-order valence-electron chi connectivity index (χ1n) is 12.4. The molecule has 1 radical (unpaired) electrons. The maximum absolute atomic E-state index is 13.0. The summed E-state index contributed by atoms with van der Waals surface area (Å²) in [6.07, 6.45) is 2.62. The number of hydrogen-bond donors (Lipinski definition) is 0. The highest BCUT2D eigenvalue weighted by Gasteiger charge is 2.27. The summed E-state index contributed by atoms with van der Waals surface area (Å²) in [4.78, 5) is 19.6. The number of benzene rings is 3. The Labute approximate surface area is 215 Å². The van der Waals surface area contributed by atoms with Gasteiger partial charge in [-0.1, -0.05) is 42.5 Å². The third kappa shape index (κ3) is 4.91. The first kappa shape index (κ1) is 22.9. The van der Waals surface area contributed by atoms with Crippen molar-refractivity contribution in [2.45, 2.75) is 19.5 Å². The van der Waals surface area contributed by atoms with E-state index in [2.05, 4.69) is 28.8 Å². The Balaban J connectivity index is 1.22. The minimum atomic E-state index is -0.0225. The van der Waals surface area contributed by atoms with Crippen LogP contribution in [0, 0.1) is 6.07 Å². The van der Waals surface area contributed by atoms with Crippen molar-refractivity contribution in [1.29, 1.82) is 0 Å². The number of amides is 1. The second-order valence-electron chi connectivity index (χ2n) is 9.03. The van der Waals surface area contributed by atoms with Crippen molar-refractivity contribution in [3.05, 3.63) is 120 Å². The lowest BCUT2D eigenvalue weighted by Crippen LogP contribution is -2.39. The Bertz CT molecular complexity index is 1510. The van der Waals surface area contributed by atoms with Crippen LogP contribution < -0.4 is 9.47 Å². The Morgan fingerprint density at radius 2 is 1.68 bits per heavy atom. The minimum Gasteiger partial charge on any atom is -0.484 e. The second kappa shape index (κ2) is 10.2. The summed E-state index contributed by atoms with van der Waals surface area (Å²) in [6.45, 7) is 1.87. The molecule has 0 atom stereocenters. The molecule has 0 fully saturated rings. The fourth-order valence-electron chi connectivity index (χ4n) is 4.82. The van der Waals surface area contributed by atoms with E-state index in [1.54, 1.807) is 24.3 Å².